The third kappa shape index (κ3) is 2.32. The van der Waals surface area contributed by atoms with E-state index in [9.17, 15) is 0 Å². The molecule has 1 unspecified atom stereocenters. The molecule has 1 saturated carbocycles. The quantitative estimate of drug-likeness (QED) is 0.619. The zero-order valence-electron chi connectivity index (χ0n) is 16.2. The largest absolute Gasteiger partial charge is 0.493 e. The number of fused-ring (bicyclic) bond motifs is 7. The van der Waals surface area contributed by atoms with Crippen molar-refractivity contribution in [2.45, 2.75) is 32.1 Å². The normalized spacial score (nSPS) is 21.1. The summed E-state index contributed by atoms with van der Waals surface area (Å²) >= 11 is 0. The molecule has 1 aromatic heterocycles. The molecule has 1 heterocycles. The van der Waals surface area contributed by atoms with Gasteiger partial charge in [-0.15, -0.1) is 0 Å². The zero-order valence-corrected chi connectivity index (χ0v) is 16.2. The average molecular weight is 363 g/mol. The van der Waals surface area contributed by atoms with Crippen LogP contribution in [0.5, 0.6) is 17.2 Å². The molecule has 0 aliphatic heterocycles. The fraction of sp³-hybridized carbons (Fsp3) is 0.435. The third-order valence-electron chi connectivity index (χ3n) is 6.63. The minimum atomic E-state index is 0.646. The van der Waals surface area contributed by atoms with Crippen LogP contribution < -0.4 is 14.2 Å². The minimum absolute atomic E-state index is 0.646. The average Bonchev–Trinajstić information content (AvgIpc) is 3.18. The van der Waals surface area contributed by atoms with Crippen LogP contribution in [-0.4, -0.2) is 26.3 Å². The lowest BCUT2D eigenvalue weighted by Crippen LogP contribution is -2.21. The molecule has 2 aliphatic carbocycles. The highest BCUT2D eigenvalue weighted by molar-refractivity contribution is 6.14. The number of ether oxygens (including phenoxy) is 3. The van der Waals surface area contributed by atoms with Gasteiger partial charge in [-0.1, -0.05) is 12.5 Å². The van der Waals surface area contributed by atoms with Crippen LogP contribution in [0.3, 0.4) is 0 Å². The fourth-order valence-electron chi connectivity index (χ4n) is 5.44. The van der Waals surface area contributed by atoms with Crippen LogP contribution in [0.15, 0.2) is 24.4 Å². The molecule has 2 aliphatic rings. The SMILES string of the molecule is COc1cc2c3c(c4ncccc4c2c(OC)c1OC)C[C@@H]1CCCC1C3. The van der Waals surface area contributed by atoms with Crippen molar-refractivity contribution in [3.8, 4) is 17.2 Å². The summed E-state index contributed by atoms with van der Waals surface area (Å²) in [6, 6.07) is 6.29. The van der Waals surface area contributed by atoms with Gasteiger partial charge in [0.25, 0.3) is 0 Å². The van der Waals surface area contributed by atoms with Crippen molar-refractivity contribution in [1.29, 1.82) is 0 Å². The van der Waals surface area contributed by atoms with Crippen molar-refractivity contribution in [1.82, 2.24) is 4.98 Å². The number of pyridine rings is 1. The molecular formula is C23H25NO3. The van der Waals surface area contributed by atoms with E-state index >= 15 is 0 Å². The van der Waals surface area contributed by atoms with E-state index in [0.717, 1.165) is 52.5 Å². The molecule has 3 aromatic rings. The lowest BCUT2D eigenvalue weighted by Gasteiger charge is -2.30. The monoisotopic (exact) mass is 363 g/mol. The molecule has 4 heteroatoms. The number of hydrogen-bond acceptors (Lipinski definition) is 4. The highest BCUT2D eigenvalue weighted by Gasteiger charge is 2.35. The Labute approximate surface area is 159 Å². The van der Waals surface area contributed by atoms with Gasteiger partial charge in [0.05, 0.1) is 26.8 Å². The van der Waals surface area contributed by atoms with E-state index in [0.29, 0.717) is 5.75 Å². The van der Waals surface area contributed by atoms with E-state index in [2.05, 4.69) is 12.1 Å². The molecule has 0 spiro atoms. The van der Waals surface area contributed by atoms with Crippen LogP contribution in [-0.2, 0) is 12.8 Å². The van der Waals surface area contributed by atoms with Gasteiger partial charge in [-0.2, -0.15) is 0 Å². The molecule has 5 rings (SSSR count). The first-order valence-corrected chi connectivity index (χ1v) is 9.78. The molecule has 1 fully saturated rings. The second kappa shape index (κ2) is 6.29. The van der Waals surface area contributed by atoms with E-state index in [1.165, 1.54) is 35.8 Å². The Morgan fingerprint density at radius 2 is 1.63 bits per heavy atom. The van der Waals surface area contributed by atoms with E-state index in [1.54, 1.807) is 21.3 Å². The Balaban J connectivity index is 1.94. The summed E-state index contributed by atoms with van der Waals surface area (Å²) in [4.78, 5) is 4.80. The molecule has 0 amide bonds. The molecule has 0 N–H and O–H groups in total. The van der Waals surface area contributed by atoms with Crippen LogP contribution in [0, 0.1) is 11.8 Å². The van der Waals surface area contributed by atoms with Crippen molar-refractivity contribution >= 4 is 21.7 Å². The summed E-state index contributed by atoms with van der Waals surface area (Å²) < 4.78 is 17.2. The molecular weight excluding hydrogens is 338 g/mol. The van der Waals surface area contributed by atoms with Gasteiger partial charge in [0, 0.05) is 17.0 Å². The second-order valence-corrected chi connectivity index (χ2v) is 7.78. The van der Waals surface area contributed by atoms with E-state index in [1.807, 2.05) is 12.3 Å². The van der Waals surface area contributed by atoms with Gasteiger partial charge in [0.1, 0.15) is 0 Å². The highest BCUT2D eigenvalue weighted by Crippen LogP contribution is 2.51. The predicted octanol–water partition coefficient (Wildman–Crippen LogP) is 4.93. The number of nitrogens with zero attached hydrogens (tertiary/aromatic N) is 1. The Morgan fingerprint density at radius 1 is 0.889 bits per heavy atom. The first kappa shape index (κ1) is 16.7. The topological polar surface area (TPSA) is 40.6 Å². The van der Waals surface area contributed by atoms with Crippen LogP contribution in [0.25, 0.3) is 21.7 Å². The standard InChI is InChI=1S/C23H25NO3/c1-25-19-12-17-16-10-13-6-4-7-14(13)11-18(16)21-15(8-5-9-24-21)20(17)23(27-3)22(19)26-2/h5,8-9,12-14H,4,6-7,10-11H2,1-3H3/t13?,14-/m0/s1. The Morgan fingerprint density at radius 3 is 2.33 bits per heavy atom. The molecule has 27 heavy (non-hydrogen) atoms. The molecule has 2 atom stereocenters. The van der Waals surface area contributed by atoms with E-state index < -0.39 is 0 Å². The van der Waals surface area contributed by atoms with Gasteiger partial charge in [0.2, 0.25) is 5.75 Å². The number of benzene rings is 2. The van der Waals surface area contributed by atoms with Gasteiger partial charge >= 0.3 is 0 Å². The van der Waals surface area contributed by atoms with E-state index in [-0.39, 0.29) is 0 Å². The van der Waals surface area contributed by atoms with Crippen LogP contribution in [0.4, 0.5) is 0 Å². The van der Waals surface area contributed by atoms with Crippen molar-refractivity contribution < 1.29 is 14.2 Å². The fourth-order valence-corrected chi connectivity index (χ4v) is 5.44. The first-order valence-electron chi connectivity index (χ1n) is 9.78. The summed E-state index contributed by atoms with van der Waals surface area (Å²) in [5.74, 6) is 3.71. The van der Waals surface area contributed by atoms with Gasteiger partial charge in [-0.05, 0) is 66.2 Å². The Hall–Kier alpha value is -2.49. The Kier molecular flexibility index (Phi) is 3.88. The van der Waals surface area contributed by atoms with Gasteiger partial charge in [-0.25, -0.2) is 0 Å². The second-order valence-electron chi connectivity index (χ2n) is 7.78. The van der Waals surface area contributed by atoms with E-state index in [4.69, 9.17) is 19.2 Å². The smallest absolute Gasteiger partial charge is 0.203 e. The molecule has 0 bridgehead atoms. The van der Waals surface area contributed by atoms with Gasteiger partial charge in [0.15, 0.2) is 11.5 Å². The third-order valence-corrected chi connectivity index (χ3v) is 6.63. The maximum Gasteiger partial charge on any atom is 0.203 e. The lowest BCUT2D eigenvalue weighted by molar-refractivity contribution is 0.327. The van der Waals surface area contributed by atoms with Crippen molar-refractivity contribution in [3.63, 3.8) is 0 Å². The Bertz CT molecular complexity index is 1040. The summed E-state index contributed by atoms with van der Waals surface area (Å²) in [6.07, 6.45) is 8.22. The van der Waals surface area contributed by atoms with Crippen molar-refractivity contribution in [3.05, 3.63) is 35.5 Å². The highest BCUT2D eigenvalue weighted by atomic mass is 16.5. The summed E-state index contributed by atoms with van der Waals surface area (Å²) in [7, 11) is 5.05. The van der Waals surface area contributed by atoms with Gasteiger partial charge in [-0.3, -0.25) is 4.98 Å². The predicted molar refractivity (Wildman–Crippen MR) is 107 cm³/mol. The zero-order chi connectivity index (χ0) is 18.5. The molecule has 0 radical (unpaired) electrons. The van der Waals surface area contributed by atoms with Crippen molar-refractivity contribution in [2.75, 3.05) is 21.3 Å². The molecule has 4 nitrogen and oxygen atoms in total. The number of hydrogen-bond donors (Lipinski definition) is 0. The summed E-state index contributed by atoms with van der Waals surface area (Å²) in [5, 5.41) is 3.46. The summed E-state index contributed by atoms with van der Waals surface area (Å²) in [5.41, 5.74) is 3.98. The maximum absolute atomic E-state index is 5.84. The number of methoxy groups -OCH3 is 3. The molecule has 140 valence electrons. The summed E-state index contributed by atoms with van der Waals surface area (Å²) in [6.45, 7) is 0. The first-order chi connectivity index (χ1) is 13.3. The van der Waals surface area contributed by atoms with Crippen molar-refractivity contribution in [2.24, 2.45) is 11.8 Å². The number of aromatic nitrogens is 1. The van der Waals surface area contributed by atoms with Crippen LogP contribution in [0.1, 0.15) is 30.4 Å². The number of rotatable bonds is 3. The molecule has 0 saturated heterocycles. The van der Waals surface area contributed by atoms with Crippen LogP contribution in [0.2, 0.25) is 0 Å². The maximum atomic E-state index is 5.84. The molecule has 2 aromatic carbocycles. The van der Waals surface area contributed by atoms with Gasteiger partial charge < -0.3 is 14.2 Å². The lowest BCUT2D eigenvalue weighted by atomic mass is 9.75. The van der Waals surface area contributed by atoms with Crippen LogP contribution >= 0.6 is 0 Å². The minimum Gasteiger partial charge on any atom is -0.493 e.